The maximum Gasteiger partial charge on any atom is 0.159 e. The van der Waals surface area contributed by atoms with Gasteiger partial charge >= 0.3 is 0 Å². The van der Waals surface area contributed by atoms with Crippen molar-refractivity contribution in [2.24, 2.45) is 0 Å². The maximum atomic E-state index is 11.0. The Morgan fingerprint density at radius 1 is 1.47 bits per heavy atom. The molecule has 15 heavy (non-hydrogen) atoms. The lowest BCUT2D eigenvalue weighted by molar-refractivity contribution is -0.107. The van der Waals surface area contributed by atoms with E-state index in [1.807, 2.05) is 0 Å². The molecule has 0 spiro atoms. The second kappa shape index (κ2) is 5.47. The highest BCUT2D eigenvalue weighted by atomic mass is 35.5. The standard InChI is InChI=1S/C12H11ClO2/c1-9(15)11-6-5-10(12(13)8-11)4-2-3-7-14/h2,4-8H,3H2,1H3. The van der Waals surface area contributed by atoms with E-state index in [1.165, 1.54) is 6.92 Å². The van der Waals surface area contributed by atoms with Crippen LogP contribution in [0.1, 0.15) is 29.3 Å². The van der Waals surface area contributed by atoms with Gasteiger partial charge in [-0.2, -0.15) is 0 Å². The Morgan fingerprint density at radius 3 is 2.73 bits per heavy atom. The summed E-state index contributed by atoms with van der Waals surface area (Å²) in [5, 5.41) is 0.518. The molecule has 0 saturated heterocycles. The van der Waals surface area contributed by atoms with E-state index in [0.717, 1.165) is 11.8 Å². The summed E-state index contributed by atoms with van der Waals surface area (Å²) >= 11 is 5.96. The highest BCUT2D eigenvalue weighted by Crippen LogP contribution is 2.19. The first kappa shape index (κ1) is 11.7. The zero-order chi connectivity index (χ0) is 11.3. The van der Waals surface area contributed by atoms with Crippen molar-refractivity contribution in [3.8, 4) is 0 Å². The second-order valence-electron chi connectivity index (χ2n) is 3.10. The number of allylic oxidation sites excluding steroid dienone is 1. The molecule has 0 N–H and O–H groups in total. The van der Waals surface area contributed by atoms with Gasteiger partial charge in [-0.25, -0.2) is 0 Å². The van der Waals surface area contributed by atoms with Gasteiger partial charge in [0.25, 0.3) is 0 Å². The summed E-state index contributed by atoms with van der Waals surface area (Å²) in [5.74, 6) is -0.0136. The fraction of sp³-hybridized carbons (Fsp3) is 0.167. The van der Waals surface area contributed by atoms with Crippen molar-refractivity contribution in [2.75, 3.05) is 0 Å². The van der Waals surface area contributed by atoms with Crippen LogP contribution in [0.3, 0.4) is 0 Å². The van der Waals surface area contributed by atoms with Crippen LogP contribution in [0.4, 0.5) is 0 Å². The third kappa shape index (κ3) is 3.33. The molecule has 0 radical (unpaired) electrons. The molecule has 0 atom stereocenters. The van der Waals surface area contributed by atoms with E-state index in [-0.39, 0.29) is 5.78 Å². The zero-order valence-corrected chi connectivity index (χ0v) is 9.12. The minimum atomic E-state index is -0.0136. The molecule has 0 aliphatic heterocycles. The third-order valence-corrected chi connectivity index (χ3v) is 2.26. The van der Waals surface area contributed by atoms with Crippen LogP contribution in [-0.2, 0) is 4.79 Å². The van der Waals surface area contributed by atoms with Crippen molar-refractivity contribution in [2.45, 2.75) is 13.3 Å². The van der Waals surface area contributed by atoms with Crippen molar-refractivity contribution in [3.63, 3.8) is 0 Å². The number of carbonyl (C=O) groups excluding carboxylic acids is 2. The molecule has 0 unspecified atom stereocenters. The van der Waals surface area contributed by atoms with Gasteiger partial charge in [-0.05, 0) is 18.6 Å². The van der Waals surface area contributed by atoms with Crippen LogP contribution < -0.4 is 0 Å². The summed E-state index contributed by atoms with van der Waals surface area (Å²) in [6.07, 6.45) is 4.67. The third-order valence-electron chi connectivity index (χ3n) is 1.94. The molecular formula is C12H11ClO2. The normalized spacial score (nSPS) is 10.5. The summed E-state index contributed by atoms with van der Waals surface area (Å²) < 4.78 is 0. The number of hydrogen-bond acceptors (Lipinski definition) is 2. The summed E-state index contributed by atoms with van der Waals surface area (Å²) in [4.78, 5) is 21.1. The molecule has 1 aromatic carbocycles. The van der Waals surface area contributed by atoms with Gasteiger partial charge in [0, 0.05) is 17.0 Å². The van der Waals surface area contributed by atoms with Gasteiger partial charge in [-0.3, -0.25) is 4.79 Å². The summed E-state index contributed by atoms with van der Waals surface area (Å²) in [6.45, 7) is 1.49. The Hall–Kier alpha value is -1.41. The molecule has 0 bridgehead atoms. The molecule has 0 fully saturated rings. The Bertz CT molecular complexity index is 408. The maximum absolute atomic E-state index is 11.0. The van der Waals surface area contributed by atoms with Crippen molar-refractivity contribution in [1.82, 2.24) is 0 Å². The van der Waals surface area contributed by atoms with Gasteiger partial charge in [-0.1, -0.05) is 35.9 Å². The van der Waals surface area contributed by atoms with Gasteiger partial charge in [-0.15, -0.1) is 0 Å². The van der Waals surface area contributed by atoms with E-state index >= 15 is 0 Å². The number of rotatable bonds is 4. The molecule has 1 rings (SSSR count). The monoisotopic (exact) mass is 222 g/mol. The smallest absolute Gasteiger partial charge is 0.159 e. The van der Waals surface area contributed by atoms with E-state index in [4.69, 9.17) is 11.6 Å². The van der Waals surface area contributed by atoms with Crippen LogP contribution in [0.5, 0.6) is 0 Å². The van der Waals surface area contributed by atoms with Gasteiger partial charge in [0.15, 0.2) is 5.78 Å². The fourth-order valence-electron chi connectivity index (χ4n) is 1.13. The Kier molecular flexibility index (Phi) is 4.25. The quantitative estimate of drug-likeness (QED) is 0.579. The number of aldehydes is 1. The molecule has 0 aliphatic carbocycles. The molecule has 78 valence electrons. The van der Waals surface area contributed by atoms with Crippen LogP contribution in [0, 0.1) is 0 Å². The predicted octanol–water partition coefficient (Wildman–Crippen LogP) is 3.14. The van der Waals surface area contributed by atoms with Crippen molar-refractivity contribution < 1.29 is 9.59 Å². The Balaban J connectivity index is 2.93. The Morgan fingerprint density at radius 2 is 2.20 bits per heavy atom. The number of Topliss-reactive ketones (excluding diaryl/α,β-unsaturated/α-hetero) is 1. The van der Waals surface area contributed by atoms with Crippen molar-refractivity contribution >= 4 is 29.7 Å². The van der Waals surface area contributed by atoms with Crippen LogP contribution in [-0.4, -0.2) is 12.1 Å². The van der Waals surface area contributed by atoms with E-state index in [0.29, 0.717) is 17.0 Å². The first-order valence-electron chi connectivity index (χ1n) is 4.56. The molecule has 0 heterocycles. The minimum Gasteiger partial charge on any atom is -0.303 e. The average Bonchev–Trinajstić information content (AvgIpc) is 2.20. The number of benzene rings is 1. The second-order valence-corrected chi connectivity index (χ2v) is 3.50. The molecule has 3 heteroatoms. The van der Waals surface area contributed by atoms with Crippen LogP contribution >= 0.6 is 11.6 Å². The first-order chi connectivity index (χ1) is 7.15. The topological polar surface area (TPSA) is 34.1 Å². The van der Waals surface area contributed by atoms with Gasteiger partial charge in [0.05, 0.1) is 0 Å². The fourth-order valence-corrected chi connectivity index (χ4v) is 1.38. The lowest BCUT2D eigenvalue weighted by atomic mass is 10.1. The van der Waals surface area contributed by atoms with E-state index < -0.39 is 0 Å². The van der Waals surface area contributed by atoms with Gasteiger partial charge in [0.2, 0.25) is 0 Å². The zero-order valence-electron chi connectivity index (χ0n) is 8.37. The summed E-state index contributed by atoms with van der Waals surface area (Å²) in [5.41, 5.74) is 1.40. The molecule has 2 nitrogen and oxygen atoms in total. The highest BCUT2D eigenvalue weighted by molar-refractivity contribution is 6.32. The lowest BCUT2D eigenvalue weighted by Gasteiger charge is -2.00. The van der Waals surface area contributed by atoms with Crippen LogP contribution in [0.2, 0.25) is 5.02 Å². The lowest BCUT2D eigenvalue weighted by Crippen LogP contribution is -1.91. The number of halogens is 1. The summed E-state index contributed by atoms with van der Waals surface area (Å²) in [7, 11) is 0. The number of ketones is 1. The van der Waals surface area contributed by atoms with E-state index in [1.54, 1.807) is 30.4 Å². The number of hydrogen-bond donors (Lipinski definition) is 0. The average molecular weight is 223 g/mol. The molecule has 0 aromatic heterocycles. The van der Waals surface area contributed by atoms with Crippen LogP contribution in [0.25, 0.3) is 6.08 Å². The van der Waals surface area contributed by atoms with Crippen LogP contribution in [0.15, 0.2) is 24.3 Å². The molecule has 0 saturated carbocycles. The largest absolute Gasteiger partial charge is 0.303 e. The van der Waals surface area contributed by atoms with Gasteiger partial charge in [0.1, 0.15) is 6.29 Å². The van der Waals surface area contributed by atoms with Crippen molar-refractivity contribution in [1.29, 1.82) is 0 Å². The SMILES string of the molecule is CC(=O)c1ccc(C=CCC=O)c(Cl)c1. The molecule has 1 aromatic rings. The predicted molar refractivity (Wildman–Crippen MR) is 61.2 cm³/mol. The highest BCUT2D eigenvalue weighted by Gasteiger charge is 2.02. The molecular weight excluding hydrogens is 212 g/mol. The first-order valence-corrected chi connectivity index (χ1v) is 4.93. The van der Waals surface area contributed by atoms with E-state index in [9.17, 15) is 9.59 Å². The molecule has 0 amide bonds. The van der Waals surface area contributed by atoms with Gasteiger partial charge < -0.3 is 4.79 Å². The molecule has 0 aliphatic rings. The Labute approximate surface area is 93.6 Å². The number of carbonyl (C=O) groups is 2. The summed E-state index contributed by atoms with van der Waals surface area (Å²) in [6, 6.07) is 5.11. The van der Waals surface area contributed by atoms with Crippen molar-refractivity contribution in [3.05, 3.63) is 40.4 Å². The minimum absolute atomic E-state index is 0.0136. The van der Waals surface area contributed by atoms with E-state index in [2.05, 4.69) is 0 Å².